The molecule has 0 unspecified atom stereocenters. The van der Waals surface area contributed by atoms with Gasteiger partial charge in [-0.05, 0) is 12.5 Å². The van der Waals surface area contributed by atoms with Gasteiger partial charge in [0, 0.05) is 32.8 Å². The second-order valence-corrected chi connectivity index (χ2v) is 5.71. The number of nitrogens with one attached hydrogen (secondary N) is 1. The molecule has 1 saturated heterocycles. The van der Waals surface area contributed by atoms with Gasteiger partial charge in [-0.15, -0.1) is 0 Å². The summed E-state index contributed by atoms with van der Waals surface area (Å²) in [7, 11) is 1.58. The number of carbonyl (C=O) groups is 2. The van der Waals surface area contributed by atoms with Gasteiger partial charge in [-0.3, -0.25) is 9.59 Å². The molecular formula is C16H19FN4O3. The maximum Gasteiger partial charge on any atom is 0.257 e. The number of nitrogens with zero attached hydrogens (tertiary/aromatic N) is 3. The first-order valence-corrected chi connectivity index (χ1v) is 7.79. The summed E-state index contributed by atoms with van der Waals surface area (Å²) in [6.07, 6.45) is 2.09. The third-order valence-corrected chi connectivity index (χ3v) is 4.13. The molecule has 1 aromatic carbocycles. The number of carbonyl (C=O) groups excluding carboxylic acids is 2. The molecule has 2 heterocycles. The number of aromatic amines is 1. The fraction of sp³-hybridized carbons (Fsp3) is 0.438. The molecular weight excluding hydrogens is 315 g/mol. The smallest absolute Gasteiger partial charge is 0.257 e. The largest absolute Gasteiger partial charge is 0.383 e. The summed E-state index contributed by atoms with van der Waals surface area (Å²) in [5, 5.41) is 0. The van der Waals surface area contributed by atoms with E-state index in [4.69, 9.17) is 4.74 Å². The lowest BCUT2D eigenvalue weighted by molar-refractivity contribution is -0.131. The number of H-pyrrole nitrogens is 1. The molecule has 1 N–H and O–H groups in total. The molecule has 0 atom stereocenters. The molecule has 1 fully saturated rings. The van der Waals surface area contributed by atoms with E-state index in [-0.39, 0.29) is 18.0 Å². The predicted molar refractivity (Wildman–Crippen MR) is 85.0 cm³/mol. The molecule has 1 aromatic heterocycles. The molecule has 2 aromatic rings. The van der Waals surface area contributed by atoms with Crippen LogP contribution in [0.2, 0.25) is 0 Å². The number of hydrogen-bond acceptors (Lipinski definition) is 4. The summed E-state index contributed by atoms with van der Waals surface area (Å²) in [4.78, 5) is 34.9. The van der Waals surface area contributed by atoms with Crippen molar-refractivity contribution in [3.05, 3.63) is 29.8 Å². The number of rotatable bonds is 4. The first-order chi connectivity index (χ1) is 11.6. The zero-order chi connectivity index (χ0) is 17.1. The van der Waals surface area contributed by atoms with Crippen LogP contribution in [0.15, 0.2) is 18.5 Å². The molecule has 7 nitrogen and oxygen atoms in total. The van der Waals surface area contributed by atoms with Gasteiger partial charge in [-0.1, -0.05) is 0 Å². The number of amides is 2. The lowest BCUT2D eigenvalue weighted by Crippen LogP contribution is -2.40. The Labute approximate surface area is 138 Å². The summed E-state index contributed by atoms with van der Waals surface area (Å²) in [5.74, 6) is -1.26. The molecule has 24 heavy (non-hydrogen) atoms. The summed E-state index contributed by atoms with van der Waals surface area (Å²) in [6, 6.07) is 2.67. The van der Waals surface area contributed by atoms with Crippen LogP contribution in [0.3, 0.4) is 0 Å². The van der Waals surface area contributed by atoms with E-state index in [1.807, 2.05) is 0 Å². The maximum absolute atomic E-state index is 14.2. The van der Waals surface area contributed by atoms with Crippen LogP contribution in [0.5, 0.6) is 0 Å². The van der Waals surface area contributed by atoms with Crippen molar-refractivity contribution in [3.8, 4) is 0 Å². The van der Waals surface area contributed by atoms with E-state index in [9.17, 15) is 14.0 Å². The summed E-state index contributed by atoms with van der Waals surface area (Å²) in [6.45, 7) is 1.86. The lowest BCUT2D eigenvalue weighted by Gasteiger charge is -2.21. The average Bonchev–Trinajstić information content (AvgIpc) is 2.93. The Balaban J connectivity index is 1.78. The fourth-order valence-corrected chi connectivity index (χ4v) is 2.82. The zero-order valence-corrected chi connectivity index (χ0v) is 13.4. The third kappa shape index (κ3) is 3.23. The molecule has 1 aliphatic rings. The van der Waals surface area contributed by atoms with Crippen molar-refractivity contribution in [1.29, 1.82) is 0 Å². The van der Waals surface area contributed by atoms with E-state index in [0.29, 0.717) is 43.7 Å². The van der Waals surface area contributed by atoms with Crippen LogP contribution >= 0.6 is 0 Å². The van der Waals surface area contributed by atoms with Gasteiger partial charge in [-0.2, -0.15) is 0 Å². The minimum absolute atomic E-state index is 0.0550. The minimum atomic E-state index is -0.621. The number of hydrogen-bond donors (Lipinski definition) is 1. The average molecular weight is 334 g/mol. The number of methoxy groups -OCH3 is 1. The predicted octanol–water partition coefficient (Wildman–Crippen LogP) is 1.02. The zero-order valence-electron chi connectivity index (χ0n) is 13.4. The molecule has 3 rings (SSSR count). The highest BCUT2D eigenvalue weighted by Gasteiger charge is 2.27. The Hall–Kier alpha value is -2.48. The molecule has 0 bridgehead atoms. The molecule has 0 radical (unpaired) electrons. The van der Waals surface area contributed by atoms with Crippen molar-refractivity contribution < 1.29 is 18.7 Å². The molecule has 0 saturated carbocycles. The van der Waals surface area contributed by atoms with Crippen molar-refractivity contribution in [2.75, 3.05) is 39.9 Å². The van der Waals surface area contributed by atoms with Crippen LogP contribution in [-0.4, -0.2) is 71.5 Å². The van der Waals surface area contributed by atoms with Gasteiger partial charge in [0.2, 0.25) is 5.91 Å². The van der Waals surface area contributed by atoms with Gasteiger partial charge >= 0.3 is 0 Å². The molecule has 1 aliphatic heterocycles. The van der Waals surface area contributed by atoms with Crippen LogP contribution in [0.25, 0.3) is 11.0 Å². The molecule has 128 valence electrons. The maximum atomic E-state index is 14.2. The molecule has 0 aliphatic carbocycles. The van der Waals surface area contributed by atoms with E-state index in [1.54, 1.807) is 12.0 Å². The van der Waals surface area contributed by atoms with Gasteiger partial charge in [0.15, 0.2) is 0 Å². The lowest BCUT2D eigenvalue weighted by atomic mass is 10.1. The number of halogens is 1. The van der Waals surface area contributed by atoms with E-state index in [0.717, 1.165) is 0 Å². The molecule has 2 amide bonds. The number of aromatic nitrogens is 2. The minimum Gasteiger partial charge on any atom is -0.383 e. The van der Waals surface area contributed by atoms with Gasteiger partial charge in [0.1, 0.15) is 12.4 Å². The highest BCUT2D eigenvalue weighted by atomic mass is 19.1. The van der Waals surface area contributed by atoms with E-state index < -0.39 is 11.7 Å². The second-order valence-electron chi connectivity index (χ2n) is 5.71. The number of imidazole rings is 1. The van der Waals surface area contributed by atoms with Crippen LogP contribution in [-0.2, 0) is 9.53 Å². The monoisotopic (exact) mass is 334 g/mol. The summed E-state index contributed by atoms with van der Waals surface area (Å²) >= 11 is 0. The van der Waals surface area contributed by atoms with Gasteiger partial charge < -0.3 is 19.5 Å². The third-order valence-electron chi connectivity index (χ3n) is 4.13. The second kappa shape index (κ2) is 6.96. The van der Waals surface area contributed by atoms with E-state index in [2.05, 4.69) is 9.97 Å². The highest BCUT2D eigenvalue weighted by molar-refractivity contribution is 5.99. The van der Waals surface area contributed by atoms with Crippen molar-refractivity contribution in [3.63, 3.8) is 0 Å². The highest BCUT2D eigenvalue weighted by Crippen LogP contribution is 2.19. The van der Waals surface area contributed by atoms with Crippen LogP contribution in [0.1, 0.15) is 16.8 Å². The van der Waals surface area contributed by atoms with Crippen LogP contribution in [0, 0.1) is 5.82 Å². The first-order valence-electron chi connectivity index (χ1n) is 7.79. The van der Waals surface area contributed by atoms with Crippen molar-refractivity contribution in [2.24, 2.45) is 0 Å². The van der Waals surface area contributed by atoms with Crippen molar-refractivity contribution >= 4 is 22.8 Å². The molecule has 0 spiro atoms. The SMILES string of the molecule is COCCN1CCCN(C(=O)c2cc3nc[nH]c3cc2F)CC1=O. The summed E-state index contributed by atoms with van der Waals surface area (Å²) < 4.78 is 19.2. The standard InChI is InChI=1S/C16H19FN4O3/c1-24-6-5-20-3-2-4-21(9-15(20)22)16(23)11-7-13-14(8-12(11)17)19-10-18-13/h7-8,10H,2-6,9H2,1H3,(H,18,19). The Morgan fingerprint density at radius 1 is 1.42 bits per heavy atom. The Morgan fingerprint density at radius 2 is 2.25 bits per heavy atom. The Bertz CT molecular complexity index is 761. The van der Waals surface area contributed by atoms with Gasteiger partial charge in [0.05, 0.1) is 29.5 Å². The van der Waals surface area contributed by atoms with Gasteiger partial charge in [0.25, 0.3) is 5.91 Å². The first kappa shape index (κ1) is 16.4. The normalized spacial score (nSPS) is 15.8. The number of benzene rings is 1. The Kier molecular flexibility index (Phi) is 4.75. The Morgan fingerprint density at radius 3 is 3.04 bits per heavy atom. The quantitative estimate of drug-likeness (QED) is 0.906. The number of fused-ring (bicyclic) bond motifs is 1. The van der Waals surface area contributed by atoms with Crippen LogP contribution < -0.4 is 0 Å². The summed E-state index contributed by atoms with van der Waals surface area (Å²) in [5.41, 5.74) is 0.983. The topological polar surface area (TPSA) is 78.5 Å². The fourth-order valence-electron chi connectivity index (χ4n) is 2.82. The number of ether oxygens (including phenoxy) is 1. The molecule has 8 heteroatoms. The van der Waals surface area contributed by atoms with Crippen molar-refractivity contribution in [2.45, 2.75) is 6.42 Å². The van der Waals surface area contributed by atoms with Crippen molar-refractivity contribution in [1.82, 2.24) is 19.8 Å². The van der Waals surface area contributed by atoms with E-state index in [1.165, 1.54) is 23.4 Å². The van der Waals surface area contributed by atoms with Crippen LogP contribution in [0.4, 0.5) is 4.39 Å². The van der Waals surface area contributed by atoms with E-state index >= 15 is 0 Å². The van der Waals surface area contributed by atoms with Gasteiger partial charge in [-0.25, -0.2) is 9.37 Å².